The van der Waals surface area contributed by atoms with Gasteiger partial charge >= 0.3 is 0 Å². The molecule has 0 saturated heterocycles. The highest BCUT2D eigenvalue weighted by Gasteiger charge is 2.12. The lowest BCUT2D eigenvalue weighted by atomic mass is 10.0. The summed E-state index contributed by atoms with van der Waals surface area (Å²) in [5.41, 5.74) is 2.13. The quantitative estimate of drug-likeness (QED) is 0.807. The maximum absolute atomic E-state index is 11.2. The standard InChI is InChI=1S/C13H12BrNO/c1-9(16)12(14)8-10-4-2-6-13-11(10)5-3-7-15-13/h2-7,12H,8H2,1H3. The van der Waals surface area contributed by atoms with E-state index in [9.17, 15) is 4.79 Å². The summed E-state index contributed by atoms with van der Waals surface area (Å²) < 4.78 is 0. The van der Waals surface area contributed by atoms with Crippen LogP contribution in [-0.4, -0.2) is 15.6 Å². The van der Waals surface area contributed by atoms with Crippen molar-refractivity contribution < 1.29 is 4.79 Å². The number of benzene rings is 1. The van der Waals surface area contributed by atoms with Gasteiger partial charge in [-0.25, -0.2) is 0 Å². The first-order valence-electron chi connectivity index (χ1n) is 5.15. The molecule has 3 heteroatoms. The van der Waals surface area contributed by atoms with E-state index in [0.717, 1.165) is 16.5 Å². The lowest BCUT2D eigenvalue weighted by Gasteiger charge is -2.08. The molecule has 16 heavy (non-hydrogen) atoms. The Bertz CT molecular complexity index is 519. The van der Waals surface area contributed by atoms with Crippen molar-refractivity contribution in [2.75, 3.05) is 0 Å². The van der Waals surface area contributed by atoms with Gasteiger partial charge in [-0.15, -0.1) is 0 Å². The van der Waals surface area contributed by atoms with Crippen LogP contribution in [0.2, 0.25) is 0 Å². The van der Waals surface area contributed by atoms with E-state index in [4.69, 9.17) is 0 Å². The molecular weight excluding hydrogens is 266 g/mol. The average Bonchev–Trinajstić information content (AvgIpc) is 2.29. The van der Waals surface area contributed by atoms with Crippen LogP contribution in [0.4, 0.5) is 0 Å². The van der Waals surface area contributed by atoms with Gasteiger partial charge in [-0.3, -0.25) is 9.78 Å². The largest absolute Gasteiger partial charge is 0.299 e. The minimum Gasteiger partial charge on any atom is -0.299 e. The van der Waals surface area contributed by atoms with Gasteiger partial charge in [0.1, 0.15) is 5.78 Å². The number of hydrogen-bond donors (Lipinski definition) is 0. The summed E-state index contributed by atoms with van der Waals surface area (Å²) >= 11 is 3.39. The average molecular weight is 278 g/mol. The molecule has 82 valence electrons. The number of fused-ring (bicyclic) bond motifs is 1. The van der Waals surface area contributed by atoms with E-state index >= 15 is 0 Å². The van der Waals surface area contributed by atoms with Gasteiger partial charge in [-0.05, 0) is 31.0 Å². The van der Waals surface area contributed by atoms with Crippen LogP contribution in [0.25, 0.3) is 10.9 Å². The third-order valence-corrected chi connectivity index (χ3v) is 3.54. The molecule has 0 N–H and O–H groups in total. The third kappa shape index (κ3) is 2.30. The molecule has 0 spiro atoms. The van der Waals surface area contributed by atoms with Crippen molar-refractivity contribution in [2.24, 2.45) is 0 Å². The zero-order valence-corrected chi connectivity index (χ0v) is 10.6. The van der Waals surface area contributed by atoms with E-state index in [-0.39, 0.29) is 10.6 Å². The molecule has 2 rings (SSSR count). The van der Waals surface area contributed by atoms with Gasteiger partial charge in [0.2, 0.25) is 0 Å². The Kier molecular flexibility index (Phi) is 3.34. The van der Waals surface area contributed by atoms with Gasteiger partial charge < -0.3 is 0 Å². The number of carbonyl (C=O) groups excluding carboxylic acids is 1. The number of pyridine rings is 1. The molecule has 0 saturated carbocycles. The van der Waals surface area contributed by atoms with Crippen molar-refractivity contribution >= 4 is 32.6 Å². The highest BCUT2D eigenvalue weighted by Crippen LogP contribution is 2.20. The number of hydrogen-bond acceptors (Lipinski definition) is 2. The summed E-state index contributed by atoms with van der Waals surface area (Å²) in [6, 6.07) is 9.96. The highest BCUT2D eigenvalue weighted by molar-refractivity contribution is 9.10. The Balaban J connectivity index is 2.41. The Morgan fingerprint density at radius 3 is 2.94 bits per heavy atom. The minimum atomic E-state index is -0.113. The number of alkyl halides is 1. The van der Waals surface area contributed by atoms with Crippen LogP contribution in [0.15, 0.2) is 36.5 Å². The summed E-state index contributed by atoms with van der Waals surface area (Å²) in [5.74, 6) is 0.154. The number of carbonyl (C=O) groups is 1. The van der Waals surface area contributed by atoms with Crippen LogP contribution in [-0.2, 0) is 11.2 Å². The van der Waals surface area contributed by atoms with Crippen molar-refractivity contribution in [3.8, 4) is 0 Å². The second-order valence-corrected chi connectivity index (χ2v) is 4.87. The van der Waals surface area contributed by atoms with Crippen LogP contribution in [0, 0.1) is 0 Å². The number of nitrogens with zero attached hydrogens (tertiary/aromatic N) is 1. The molecule has 0 aliphatic heterocycles. The van der Waals surface area contributed by atoms with Crippen molar-refractivity contribution in [2.45, 2.75) is 18.2 Å². The normalized spacial score (nSPS) is 12.6. The molecular formula is C13H12BrNO. The van der Waals surface area contributed by atoms with E-state index in [1.165, 1.54) is 0 Å². The highest BCUT2D eigenvalue weighted by atomic mass is 79.9. The number of halogens is 1. The van der Waals surface area contributed by atoms with Crippen LogP contribution in [0.3, 0.4) is 0 Å². The molecule has 0 aliphatic carbocycles. The first kappa shape index (κ1) is 11.3. The summed E-state index contributed by atoms with van der Waals surface area (Å²) in [6.07, 6.45) is 2.49. The van der Waals surface area contributed by atoms with E-state index in [0.29, 0.717) is 6.42 Å². The predicted molar refractivity (Wildman–Crippen MR) is 68.8 cm³/mol. The lowest BCUT2D eigenvalue weighted by molar-refractivity contribution is -0.116. The summed E-state index contributed by atoms with van der Waals surface area (Å²) in [4.78, 5) is 15.4. The minimum absolute atomic E-state index is 0.113. The molecule has 1 aromatic heterocycles. The summed E-state index contributed by atoms with van der Waals surface area (Å²) in [7, 11) is 0. The number of aromatic nitrogens is 1. The van der Waals surface area contributed by atoms with Crippen molar-refractivity contribution in [3.63, 3.8) is 0 Å². The number of ketones is 1. The van der Waals surface area contributed by atoms with E-state index < -0.39 is 0 Å². The number of rotatable bonds is 3. The van der Waals surface area contributed by atoms with E-state index in [2.05, 4.69) is 20.9 Å². The van der Waals surface area contributed by atoms with Gasteiger partial charge in [0, 0.05) is 11.6 Å². The Morgan fingerprint density at radius 2 is 2.19 bits per heavy atom. The fourth-order valence-electron chi connectivity index (χ4n) is 1.68. The van der Waals surface area contributed by atoms with E-state index in [1.807, 2.05) is 30.3 Å². The first-order chi connectivity index (χ1) is 7.68. The molecule has 0 aliphatic rings. The Labute approximate surface area is 103 Å². The first-order valence-corrected chi connectivity index (χ1v) is 6.07. The van der Waals surface area contributed by atoms with Crippen molar-refractivity contribution in [3.05, 3.63) is 42.1 Å². The van der Waals surface area contributed by atoms with Gasteiger partial charge in [0.15, 0.2) is 0 Å². The maximum Gasteiger partial charge on any atom is 0.143 e. The van der Waals surface area contributed by atoms with Gasteiger partial charge in [0.05, 0.1) is 10.3 Å². The van der Waals surface area contributed by atoms with Crippen LogP contribution >= 0.6 is 15.9 Å². The molecule has 1 heterocycles. The van der Waals surface area contributed by atoms with Gasteiger partial charge in [-0.2, -0.15) is 0 Å². The van der Waals surface area contributed by atoms with Gasteiger partial charge in [0.25, 0.3) is 0 Å². The second kappa shape index (κ2) is 4.74. The lowest BCUT2D eigenvalue weighted by Crippen LogP contribution is -2.12. The number of Topliss-reactive ketones (excluding diaryl/α,β-unsaturated/α-hetero) is 1. The summed E-state index contributed by atoms with van der Waals surface area (Å²) in [5, 5.41) is 1.12. The third-order valence-electron chi connectivity index (χ3n) is 2.58. The molecule has 2 aromatic rings. The fraction of sp³-hybridized carbons (Fsp3) is 0.231. The maximum atomic E-state index is 11.2. The predicted octanol–water partition coefficient (Wildman–Crippen LogP) is 3.13. The van der Waals surface area contributed by atoms with Gasteiger partial charge in [-0.1, -0.05) is 34.1 Å². The topological polar surface area (TPSA) is 30.0 Å². The monoisotopic (exact) mass is 277 g/mol. The smallest absolute Gasteiger partial charge is 0.143 e. The Hall–Kier alpha value is -1.22. The van der Waals surface area contributed by atoms with Crippen LogP contribution < -0.4 is 0 Å². The van der Waals surface area contributed by atoms with Crippen LogP contribution in [0.1, 0.15) is 12.5 Å². The molecule has 1 aromatic carbocycles. The SMILES string of the molecule is CC(=O)C(Br)Cc1cccc2ncccc12. The molecule has 1 atom stereocenters. The second-order valence-electron chi connectivity index (χ2n) is 3.77. The molecule has 0 fully saturated rings. The zero-order valence-electron chi connectivity index (χ0n) is 8.98. The van der Waals surface area contributed by atoms with Crippen molar-refractivity contribution in [1.29, 1.82) is 0 Å². The van der Waals surface area contributed by atoms with Crippen LogP contribution in [0.5, 0.6) is 0 Å². The Morgan fingerprint density at radius 1 is 1.38 bits per heavy atom. The van der Waals surface area contributed by atoms with E-state index in [1.54, 1.807) is 13.1 Å². The molecule has 0 amide bonds. The molecule has 2 nitrogen and oxygen atoms in total. The molecule has 0 bridgehead atoms. The zero-order chi connectivity index (χ0) is 11.5. The summed E-state index contributed by atoms with van der Waals surface area (Å²) in [6.45, 7) is 1.60. The molecule has 1 unspecified atom stereocenters. The molecule has 0 radical (unpaired) electrons. The fourth-order valence-corrected chi connectivity index (χ4v) is 2.03. The van der Waals surface area contributed by atoms with Crippen molar-refractivity contribution in [1.82, 2.24) is 4.98 Å².